The van der Waals surface area contributed by atoms with Crippen LogP contribution in [0.2, 0.25) is 0 Å². The normalized spacial score (nSPS) is 27.0. The molecule has 8 nitrogen and oxygen atoms in total. The molecule has 2 aliphatic heterocycles. The summed E-state index contributed by atoms with van der Waals surface area (Å²) in [5.41, 5.74) is -0.216. The van der Waals surface area contributed by atoms with Gasteiger partial charge in [0.2, 0.25) is 5.91 Å². The van der Waals surface area contributed by atoms with Crippen LogP contribution in [0.15, 0.2) is 0 Å². The quantitative estimate of drug-likeness (QED) is 0.669. The standard InChI is InChI=1S/C16H27N5O3/c1-3-24-5-4-15(23)21-7-13-6-20(9-16(13,10-21)11-22)8-14-17-12(2)18-19-14/h13,22H,3-11H2,1-2H3,(H,17,18,19). The first-order valence-electron chi connectivity index (χ1n) is 8.63. The Morgan fingerprint density at radius 1 is 1.46 bits per heavy atom. The van der Waals surface area contributed by atoms with Crippen LogP contribution in [-0.4, -0.2) is 82.0 Å². The fourth-order valence-electron chi connectivity index (χ4n) is 3.95. The topological polar surface area (TPSA) is 94.6 Å². The highest BCUT2D eigenvalue weighted by atomic mass is 16.5. The fraction of sp³-hybridized carbons (Fsp3) is 0.812. The number of nitrogens with one attached hydrogen (secondary N) is 1. The van der Waals surface area contributed by atoms with E-state index in [1.165, 1.54) is 0 Å². The molecule has 0 aliphatic carbocycles. The molecular weight excluding hydrogens is 310 g/mol. The molecule has 0 saturated carbocycles. The molecule has 2 saturated heterocycles. The van der Waals surface area contributed by atoms with E-state index in [2.05, 4.69) is 20.1 Å². The van der Waals surface area contributed by atoms with E-state index in [1.54, 1.807) is 0 Å². The average Bonchev–Trinajstić information content (AvgIpc) is 3.20. The van der Waals surface area contributed by atoms with Crippen molar-refractivity contribution in [1.29, 1.82) is 0 Å². The minimum atomic E-state index is -0.216. The van der Waals surface area contributed by atoms with Crippen molar-refractivity contribution in [3.05, 3.63) is 11.6 Å². The maximum atomic E-state index is 12.3. The molecule has 134 valence electrons. The zero-order valence-electron chi connectivity index (χ0n) is 14.5. The highest BCUT2D eigenvalue weighted by molar-refractivity contribution is 5.76. The summed E-state index contributed by atoms with van der Waals surface area (Å²) in [6.07, 6.45) is 0.419. The van der Waals surface area contributed by atoms with Gasteiger partial charge in [0.05, 0.1) is 26.2 Å². The van der Waals surface area contributed by atoms with Gasteiger partial charge in [0, 0.05) is 38.2 Å². The zero-order chi connectivity index (χ0) is 17.2. The van der Waals surface area contributed by atoms with Crippen LogP contribution in [-0.2, 0) is 16.1 Å². The molecule has 2 atom stereocenters. The van der Waals surface area contributed by atoms with Crippen LogP contribution in [0.1, 0.15) is 25.0 Å². The SMILES string of the molecule is CCOCCC(=O)N1CC2CN(Cc3n[nH]c(C)n3)CC2(CO)C1. The van der Waals surface area contributed by atoms with Crippen molar-refractivity contribution in [3.8, 4) is 0 Å². The Morgan fingerprint density at radius 2 is 2.29 bits per heavy atom. The van der Waals surface area contributed by atoms with E-state index < -0.39 is 0 Å². The van der Waals surface area contributed by atoms with Crippen LogP contribution in [0.4, 0.5) is 0 Å². The number of aliphatic hydroxyl groups excluding tert-OH is 1. The maximum Gasteiger partial charge on any atom is 0.224 e. The van der Waals surface area contributed by atoms with Crippen LogP contribution in [0, 0.1) is 18.3 Å². The van der Waals surface area contributed by atoms with Crippen molar-refractivity contribution in [2.75, 3.05) is 46.0 Å². The van der Waals surface area contributed by atoms with Gasteiger partial charge in [-0.3, -0.25) is 14.8 Å². The van der Waals surface area contributed by atoms with Gasteiger partial charge in [-0.05, 0) is 19.8 Å². The number of likely N-dealkylation sites (tertiary alicyclic amines) is 2. The molecule has 3 rings (SSSR count). The van der Waals surface area contributed by atoms with E-state index in [4.69, 9.17) is 4.74 Å². The largest absolute Gasteiger partial charge is 0.396 e. The highest BCUT2D eigenvalue weighted by Gasteiger charge is 2.53. The summed E-state index contributed by atoms with van der Waals surface area (Å²) >= 11 is 0. The summed E-state index contributed by atoms with van der Waals surface area (Å²) in [7, 11) is 0. The number of hydrogen-bond acceptors (Lipinski definition) is 6. The monoisotopic (exact) mass is 337 g/mol. The number of rotatable bonds is 7. The number of aromatic amines is 1. The lowest BCUT2D eigenvalue weighted by Gasteiger charge is -2.27. The molecule has 2 fully saturated rings. The molecular formula is C16H27N5O3. The summed E-state index contributed by atoms with van der Waals surface area (Å²) in [6, 6.07) is 0. The Hall–Kier alpha value is -1.51. The first-order valence-corrected chi connectivity index (χ1v) is 8.63. The number of carbonyl (C=O) groups is 1. The second-order valence-corrected chi connectivity index (χ2v) is 6.95. The minimum Gasteiger partial charge on any atom is -0.396 e. The van der Waals surface area contributed by atoms with Crippen molar-refractivity contribution in [2.45, 2.75) is 26.8 Å². The molecule has 3 heterocycles. The second-order valence-electron chi connectivity index (χ2n) is 6.95. The third kappa shape index (κ3) is 3.45. The molecule has 0 aromatic carbocycles. The van der Waals surface area contributed by atoms with Crippen LogP contribution in [0.5, 0.6) is 0 Å². The van der Waals surface area contributed by atoms with E-state index in [0.717, 1.165) is 31.3 Å². The molecule has 1 aromatic heterocycles. The number of nitrogens with zero attached hydrogens (tertiary/aromatic N) is 4. The number of hydrogen-bond donors (Lipinski definition) is 2. The third-order valence-corrected chi connectivity index (χ3v) is 5.17. The minimum absolute atomic E-state index is 0.108. The number of H-pyrrole nitrogens is 1. The summed E-state index contributed by atoms with van der Waals surface area (Å²) in [5, 5.41) is 17.1. The lowest BCUT2D eigenvalue weighted by molar-refractivity contribution is -0.132. The van der Waals surface area contributed by atoms with Gasteiger partial charge in [0.25, 0.3) is 0 Å². The molecule has 8 heteroatoms. The van der Waals surface area contributed by atoms with Crippen LogP contribution in [0.25, 0.3) is 0 Å². The van der Waals surface area contributed by atoms with Gasteiger partial charge in [0.1, 0.15) is 5.82 Å². The Labute approximate surface area is 142 Å². The van der Waals surface area contributed by atoms with Gasteiger partial charge in [-0.1, -0.05) is 0 Å². The van der Waals surface area contributed by atoms with E-state index >= 15 is 0 Å². The van der Waals surface area contributed by atoms with Crippen molar-refractivity contribution >= 4 is 5.91 Å². The summed E-state index contributed by atoms with van der Waals surface area (Å²) in [5.74, 6) is 2.03. The third-order valence-electron chi connectivity index (χ3n) is 5.17. The van der Waals surface area contributed by atoms with E-state index in [9.17, 15) is 9.90 Å². The molecule has 0 radical (unpaired) electrons. The first kappa shape index (κ1) is 17.3. The second kappa shape index (κ2) is 7.16. The average molecular weight is 337 g/mol. The van der Waals surface area contributed by atoms with Crippen molar-refractivity contribution in [3.63, 3.8) is 0 Å². The van der Waals surface area contributed by atoms with E-state index in [1.807, 2.05) is 18.7 Å². The van der Waals surface area contributed by atoms with Gasteiger partial charge in [-0.2, -0.15) is 5.10 Å². The van der Waals surface area contributed by atoms with E-state index in [-0.39, 0.29) is 17.9 Å². The van der Waals surface area contributed by atoms with Crippen molar-refractivity contribution in [2.24, 2.45) is 11.3 Å². The molecule has 2 aliphatic rings. The van der Waals surface area contributed by atoms with Crippen LogP contribution < -0.4 is 0 Å². The zero-order valence-corrected chi connectivity index (χ0v) is 14.5. The predicted octanol–water partition coefficient (Wildman–Crippen LogP) is -0.208. The summed E-state index contributed by atoms with van der Waals surface area (Å²) in [6.45, 7) is 8.69. The van der Waals surface area contributed by atoms with Crippen LogP contribution >= 0.6 is 0 Å². The van der Waals surface area contributed by atoms with Gasteiger partial charge in [0.15, 0.2) is 5.82 Å². The van der Waals surface area contributed by atoms with Gasteiger partial charge in [-0.25, -0.2) is 4.98 Å². The van der Waals surface area contributed by atoms with E-state index in [0.29, 0.717) is 38.6 Å². The Bertz CT molecular complexity index is 578. The molecule has 2 unspecified atom stereocenters. The Morgan fingerprint density at radius 3 is 2.92 bits per heavy atom. The van der Waals surface area contributed by atoms with Gasteiger partial charge in [-0.15, -0.1) is 0 Å². The molecule has 1 amide bonds. The maximum absolute atomic E-state index is 12.3. The number of ether oxygens (including phenoxy) is 1. The number of carbonyl (C=O) groups excluding carboxylic acids is 1. The predicted molar refractivity (Wildman–Crippen MR) is 87.1 cm³/mol. The first-order chi connectivity index (χ1) is 11.6. The molecule has 0 bridgehead atoms. The number of fused-ring (bicyclic) bond motifs is 1. The Balaban J connectivity index is 1.57. The number of aryl methyl sites for hydroxylation is 1. The number of aromatic nitrogens is 3. The summed E-state index contributed by atoms with van der Waals surface area (Å²) in [4.78, 5) is 20.8. The molecule has 0 spiro atoms. The van der Waals surface area contributed by atoms with Crippen molar-refractivity contribution < 1.29 is 14.6 Å². The highest BCUT2D eigenvalue weighted by Crippen LogP contribution is 2.42. The lowest BCUT2D eigenvalue weighted by Crippen LogP contribution is -2.39. The van der Waals surface area contributed by atoms with Gasteiger partial charge < -0.3 is 14.7 Å². The molecule has 24 heavy (non-hydrogen) atoms. The molecule has 1 aromatic rings. The Kier molecular flexibility index (Phi) is 5.17. The fourth-order valence-corrected chi connectivity index (χ4v) is 3.95. The number of aliphatic hydroxyl groups is 1. The smallest absolute Gasteiger partial charge is 0.224 e. The lowest BCUT2D eigenvalue weighted by atomic mass is 9.82. The number of amides is 1. The molecule has 2 N–H and O–H groups in total. The van der Waals surface area contributed by atoms with Crippen LogP contribution in [0.3, 0.4) is 0 Å². The van der Waals surface area contributed by atoms with Crippen molar-refractivity contribution in [1.82, 2.24) is 25.0 Å². The van der Waals surface area contributed by atoms with Gasteiger partial charge >= 0.3 is 0 Å². The summed E-state index contributed by atoms with van der Waals surface area (Å²) < 4.78 is 5.27.